The van der Waals surface area contributed by atoms with Gasteiger partial charge in [0.15, 0.2) is 0 Å². The second kappa shape index (κ2) is 5.38. The van der Waals surface area contributed by atoms with E-state index in [2.05, 4.69) is 0 Å². The van der Waals surface area contributed by atoms with Gasteiger partial charge in [-0.25, -0.2) is 4.90 Å². The Balaban J connectivity index is 2.02. The number of nitro benzene ring substituents is 1. The Morgan fingerprint density at radius 3 is 2.38 bits per heavy atom. The summed E-state index contributed by atoms with van der Waals surface area (Å²) in [5, 5.41) is 21.9. The van der Waals surface area contributed by atoms with Crippen LogP contribution in [0.3, 0.4) is 0 Å². The van der Waals surface area contributed by atoms with Gasteiger partial charge in [-0.2, -0.15) is 0 Å². The topological polar surface area (TPSA) is 101 Å². The third-order valence-corrected chi connectivity index (χ3v) is 4.45. The highest BCUT2D eigenvalue weighted by atomic mass is 16.6. The molecule has 3 aromatic carbocycles. The highest BCUT2D eigenvalue weighted by Crippen LogP contribution is 2.39. The standard InChI is InChI=1S/C19H12N2O5/c1-10-5-8-16(22)15(9-10)20-18(23)12-4-2-3-11-14(21(25)26)7-6-13(17(11)12)19(20)24/h2-9,22H,1H3. The zero-order valence-corrected chi connectivity index (χ0v) is 13.6. The first kappa shape index (κ1) is 15.8. The van der Waals surface area contributed by atoms with Gasteiger partial charge >= 0.3 is 0 Å². The Bertz CT molecular complexity index is 1110. The average molecular weight is 348 g/mol. The van der Waals surface area contributed by atoms with Gasteiger partial charge in [-0.3, -0.25) is 19.7 Å². The van der Waals surface area contributed by atoms with Gasteiger partial charge in [0.1, 0.15) is 5.75 Å². The fourth-order valence-electron chi connectivity index (χ4n) is 3.27. The molecule has 2 amide bonds. The molecule has 7 heteroatoms. The number of aromatic hydroxyl groups is 1. The van der Waals surface area contributed by atoms with Gasteiger partial charge in [0, 0.05) is 22.6 Å². The van der Waals surface area contributed by atoms with Crippen LogP contribution in [-0.4, -0.2) is 21.8 Å². The number of hydrogen-bond donors (Lipinski definition) is 1. The van der Waals surface area contributed by atoms with Crippen LogP contribution in [0.1, 0.15) is 26.3 Å². The third kappa shape index (κ3) is 2.07. The summed E-state index contributed by atoms with van der Waals surface area (Å²) in [4.78, 5) is 37.6. The van der Waals surface area contributed by atoms with Crippen molar-refractivity contribution in [3.8, 4) is 5.75 Å². The first-order chi connectivity index (χ1) is 12.4. The molecule has 0 aromatic heterocycles. The first-order valence-electron chi connectivity index (χ1n) is 7.78. The van der Waals surface area contributed by atoms with Gasteiger partial charge in [-0.1, -0.05) is 12.1 Å². The second-order valence-electron chi connectivity index (χ2n) is 6.06. The van der Waals surface area contributed by atoms with Crippen molar-refractivity contribution in [2.45, 2.75) is 6.92 Å². The van der Waals surface area contributed by atoms with E-state index < -0.39 is 16.7 Å². The molecular weight excluding hydrogens is 336 g/mol. The van der Waals surface area contributed by atoms with Crippen LogP contribution in [0.15, 0.2) is 48.5 Å². The van der Waals surface area contributed by atoms with Crippen LogP contribution in [0.2, 0.25) is 0 Å². The molecule has 1 heterocycles. The normalized spacial score (nSPS) is 13.3. The molecule has 0 unspecified atom stereocenters. The van der Waals surface area contributed by atoms with Gasteiger partial charge in [0.25, 0.3) is 17.5 Å². The van der Waals surface area contributed by atoms with Crippen LogP contribution >= 0.6 is 0 Å². The number of imide groups is 1. The molecule has 0 saturated carbocycles. The zero-order valence-electron chi connectivity index (χ0n) is 13.6. The molecule has 0 radical (unpaired) electrons. The van der Waals surface area contributed by atoms with E-state index in [9.17, 15) is 24.8 Å². The van der Waals surface area contributed by atoms with Crippen molar-refractivity contribution in [1.29, 1.82) is 0 Å². The summed E-state index contributed by atoms with van der Waals surface area (Å²) < 4.78 is 0. The molecule has 0 atom stereocenters. The summed E-state index contributed by atoms with van der Waals surface area (Å²) in [5.41, 5.74) is 1.05. The number of phenolic OH excluding ortho intramolecular Hbond substituents is 1. The number of non-ortho nitro benzene ring substituents is 1. The van der Waals surface area contributed by atoms with Crippen LogP contribution < -0.4 is 4.90 Å². The Hall–Kier alpha value is -3.74. The van der Waals surface area contributed by atoms with Gasteiger partial charge in [0.05, 0.1) is 16.0 Å². The van der Waals surface area contributed by atoms with Crippen LogP contribution in [0, 0.1) is 17.0 Å². The number of nitrogens with zero attached hydrogens (tertiary/aromatic N) is 2. The van der Waals surface area contributed by atoms with Crippen molar-refractivity contribution in [3.05, 3.63) is 75.3 Å². The molecule has 0 spiro atoms. The van der Waals surface area contributed by atoms with Gasteiger partial charge in [0.2, 0.25) is 0 Å². The van der Waals surface area contributed by atoms with Crippen molar-refractivity contribution < 1.29 is 19.6 Å². The lowest BCUT2D eigenvalue weighted by Gasteiger charge is -2.27. The van der Waals surface area contributed by atoms with E-state index in [1.54, 1.807) is 19.1 Å². The molecule has 1 aliphatic rings. The summed E-state index contributed by atoms with van der Waals surface area (Å²) in [6.45, 7) is 1.78. The van der Waals surface area contributed by atoms with E-state index in [0.717, 1.165) is 10.5 Å². The first-order valence-corrected chi connectivity index (χ1v) is 7.78. The fraction of sp³-hybridized carbons (Fsp3) is 0.0526. The minimum absolute atomic E-state index is 0.0843. The number of anilines is 1. The maximum Gasteiger partial charge on any atom is 0.277 e. The minimum atomic E-state index is -0.630. The second-order valence-corrected chi connectivity index (χ2v) is 6.06. The SMILES string of the molecule is Cc1ccc(O)c(N2C(=O)c3cccc4c([N+](=O)[O-])ccc(c34)C2=O)c1. The van der Waals surface area contributed by atoms with Crippen molar-refractivity contribution in [3.63, 3.8) is 0 Å². The van der Waals surface area contributed by atoms with E-state index in [0.29, 0.717) is 0 Å². The summed E-state index contributed by atoms with van der Waals surface area (Å²) in [6.07, 6.45) is 0. The van der Waals surface area contributed by atoms with Gasteiger partial charge < -0.3 is 5.11 Å². The number of rotatable bonds is 2. The average Bonchev–Trinajstić information content (AvgIpc) is 2.62. The van der Waals surface area contributed by atoms with Crippen molar-refractivity contribution in [1.82, 2.24) is 0 Å². The summed E-state index contributed by atoms with van der Waals surface area (Å²) in [5.74, 6) is -1.46. The maximum atomic E-state index is 13.0. The predicted octanol–water partition coefficient (Wildman–Crippen LogP) is 3.56. The molecule has 0 fully saturated rings. The number of carbonyl (C=O) groups excluding carboxylic acids is 2. The molecular formula is C19H12N2O5. The molecule has 0 aliphatic carbocycles. The smallest absolute Gasteiger partial charge is 0.277 e. The number of hydrogen-bond acceptors (Lipinski definition) is 5. The Kier molecular flexibility index (Phi) is 3.27. The minimum Gasteiger partial charge on any atom is -0.506 e. The van der Waals surface area contributed by atoms with E-state index in [4.69, 9.17) is 0 Å². The summed E-state index contributed by atoms with van der Waals surface area (Å²) in [6, 6.07) is 11.8. The van der Waals surface area contributed by atoms with E-state index in [1.807, 2.05) is 0 Å². The lowest BCUT2D eigenvalue weighted by atomic mass is 9.92. The van der Waals surface area contributed by atoms with Crippen LogP contribution in [0.5, 0.6) is 5.75 Å². The third-order valence-electron chi connectivity index (χ3n) is 4.45. The van der Waals surface area contributed by atoms with Crippen LogP contribution in [0.25, 0.3) is 10.8 Å². The summed E-state index contributed by atoms with van der Waals surface area (Å²) >= 11 is 0. The lowest BCUT2D eigenvalue weighted by molar-refractivity contribution is -0.383. The van der Waals surface area contributed by atoms with Gasteiger partial charge in [-0.05, 0) is 42.8 Å². The molecule has 1 N–H and O–H groups in total. The highest BCUT2D eigenvalue weighted by molar-refractivity contribution is 6.36. The van der Waals surface area contributed by atoms with Crippen molar-refractivity contribution in [2.24, 2.45) is 0 Å². The molecule has 7 nitrogen and oxygen atoms in total. The van der Waals surface area contributed by atoms with E-state index in [1.165, 1.54) is 36.4 Å². The zero-order chi connectivity index (χ0) is 18.6. The van der Waals surface area contributed by atoms with E-state index in [-0.39, 0.29) is 39.0 Å². The summed E-state index contributed by atoms with van der Waals surface area (Å²) in [7, 11) is 0. The molecule has 26 heavy (non-hydrogen) atoms. The van der Waals surface area contributed by atoms with E-state index >= 15 is 0 Å². The maximum absolute atomic E-state index is 13.0. The monoisotopic (exact) mass is 348 g/mol. The predicted molar refractivity (Wildman–Crippen MR) is 94.6 cm³/mol. The van der Waals surface area contributed by atoms with Crippen molar-refractivity contribution in [2.75, 3.05) is 4.90 Å². The molecule has 3 aromatic rings. The Morgan fingerprint density at radius 2 is 1.69 bits per heavy atom. The highest BCUT2D eigenvalue weighted by Gasteiger charge is 2.36. The largest absolute Gasteiger partial charge is 0.506 e. The van der Waals surface area contributed by atoms with Gasteiger partial charge in [-0.15, -0.1) is 0 Å². The molecule has 0 saturated heterocycles. The molecule has 1 aliphatic heterocycles. The number of carbonyl (C=O) groups is 2. The Morgan fingerprint density at radius 1 is 1.00 bits per heavy atom. The number of phenols is 1. The van der Waals surface area contributed by atoms with Crippen LogP contribution in [-0.2, 0) is 0 Å². The quantitative estimate of drug-likeness (QED) is 0.433. The number of benzene rings is 3. The molecule has 0 bridgehead atoms. The fourth-order valence-corrected chi connectivity index (χ4v) is 3.27. The molecule has 4 rings (SSSR count). The molecule has 128 valence electrons. The Labute approximate surface area is 147 Å². The van der Waals surface area contributed by atoms with Crippen LogP contribution in [0.4, 0.5) is 11.4 Å². The number of amides is 2. The van der Waals surface area contributed by atoms with Crippen molar-refractivity contribution >= 4 is 34.0 Å². The lowest BCUT2D eigenvalue weighted by Crippen LogP contribution is -2.40. The number of nitro groups is 1. The number of aryl methyl sites for hydroxylation is 1.